The predicted octanol–water partition coefficient (Wildman–Crippen LogP) is 8.43. The summed E-state index contributed by atoms with van der Waals surface area (Å²) in [7, 11) is 0. The van der Waals surface area contributed by atoms with E-state index < -0.39 is 0 Å². The van der Waals surface area contributed by atoms with E-state index in [0.717, 1.165) is 73.9 Å². The van der Waals surface area contributed by atoms with Crippen molar-refractivity contribution in [1.29, 1.82) is 0 Å². The maximum absolute atomic E-state index is 11.5. The molecule has 8 heteroatoms. The maximum atomic E-state index is 11.5. The summed E-state index contributed by atoms with van der Waals surface area (Å²) in [5, 5.41) is 22.9. The molecule has 226 valence electrons. The van der Waals surface area contributed by atoms with Crippen LogP contribution in [-0.2, 0) is 12.8 Å². The summed E-state index contributed by atoms with van der Waals surface area (Å²) in [6.07, 6.45) is 14.2. The van der Waals surface area contributed by atoms with Gasteiger partial charge in [-0.05, 0) is 25.7 Å². The van der Waals surface area contributed by atoms with E-state index in [1.54, 1.807) is 8.80 Å². The third-order valence-electron chi connectivity index (χ3n) is 8.15. The van der Waals surface area contributed by atoms with Gasteiger partial charge in [0, 0.05) is 23.5 Å². The van der Waals surface area contributed by atoms with Crippen molar-refractivity contribution in [2.24, 2.45) is 0 Å². The summed E-state index contributed by atoms with van der Waals surface area (Å²) in [4.78, 5) is 20.1. The Morgan fingerprint density at radius 3 is 1.30 bits per heavy atom. The fourth-order valence-corrected chi connectivity index (χ4v) is 5.77. The molecule has 2 N–H and O–H groups in total. The zero-order valence-electron chi connectivity index (χ0n) is 25.6. The second kappa shape index (κ2) is 13.3. The number of aromatic nitrogens is 6. The van der Waals surface area contributed by atoms with Crippen LogP contribution in [0.3, 0.4) is 0 Å². The molecule has 44 heavy (non-hydrogen) atoms. The van der Waals surface area contributed by atoms with Gasteiger partial charge >= 0.3 is 0 Å². The predicted molar refractivity (Wildman–Crippen MR) is 175 cm³/mol. The van der Waals surface area contributed by atoms with Crippen LogP contribution in [0, 0.1) is 0 Å². The number of aryl methyl sites for hydroxylation is 2. The molecular formula is C36H40N6O2. The molecule has 4 heterocycles. The van der Waals surface area contributed by atoms with Crippen LogP contribution in [0.25, 0.3) is 45.2 Å². The molecule has 0 unspecified atom stereocenters. The first-order valence-corrected chi connectivity index (χ1v) is 15.9. The topological polar surface area (TPSA) is 101 Å². The largest absolute Gasteiger partial charge is 0.493 e. The summed E-state index contributed by atoms with van der Waals surface area (Å²) in [6, 6.07) is 19.4. The van der Waals surface area contributed by atoms with Crippen molar-refractivity contribution in [3.63, 3.8) is 0 Å². The van der Waals surface area contributed by atoms with Gasteiger partial charge in [0.25, 0.3) is 0 Å². The smallest absolute Gasteiger partial charge is 0.224 e. The van der Waals surface area contributed by atoms with Gasteiger partial charge in [0.2, 0.25) is 11.8 Å². The van der Waals surface area contributed by atoms with Crippen molar-refractivity contribution in [2.75, 3.05) is 0 Å². The highest BCUT2D eigenvalue weighted by Gasteiger charge is 2.25. The molecule has 8 nitrogen and oxygen atoms in total. The van der Waals surface area contributed by atoms with Crippen LogP contribution >= 0.6 is 0 Å². The lowest BCUT2D eigenvalue weighted by Gasteiger charge is -2.11. The molecule has 0 saturated carbocycles. The zero-order valence-corrected chi connectivity index (χ0v) is 25.6. The Kier molecular flexibility index (Phi) is 8.86. The van der Waals surface area contributed by atoms with Gasteiger partial charge in [-0.15, -0.1) is 0 Å². The fourth-order valence-electron chi connectivity index (χ4n) is 5.77. The van der Waals surface area contributed by atoms with E-state index >= 15 is 0 Å². The standard InChI is InChI=1S/C36H40N6O2/c1-3-5-7-15-21-27-23-41-33(39-29(35(41)43)25-17-11-9-12-18-25)31(37-27)32-34-40-30(26-19-13-10-14-20-26)36(44)42(34)24-28(38-32)22-16-8-6-4-2/h9-14,17-20,23-24,43-44H,3-8,15-16,21-22H2,1-2H3. The van der Waals surface area contributed by atoms with Gasteiger partial charge in [-0.3, -0.25) is 8.80 Å². The second-order valence-corrected chi connectivity index (χ2v) is 11.5. The van der Waals surface area contributed by atoms with Gasteiger partial charge in [-0.2, -0.15) is 0 Å². The average molecular weight is 589 g/mol. The van der Waals surface area contributed by atoms with Gasteiger partial charge in [-0.1, -0.05) is 113 Å². The Morgan fingerprint density at radius 1 is 0.500 bits per heavy atom. The van der Waals surface area contributed by atoms with Crippen LogP contribution < -0.4 is 0 Å². The van der Waals surface area contributed by atoms with Gasteiger partial charge in [0.05, 0.1) is 11.4 Å². The molecule has 0 radical (unpaired) electrons. The summed E-state index contributed by atoms with van der Waals surface area (Å²) in [6.45, 7) is 4.40. The van der Waals surface area contributed by atoms with Gasteiger partial charge < -0.3 is 10.2 Å². The molecule has 0 atom stereocenters. The Morgan fingerprint density at radius 2 is 0.909 bits per heavy atom. The number of rotatable bonds is 13. The minimum atomic E-state index is 0.0626. The van der Waals surface area contributed by atoms with Crippen LogP contribution in [0.5, 0.6) is 11.8 Å². The summed E-state index contributed by atoms with van der Waals surface area (Å²) >= 11 is 0. The first kappa shape index (κ1) is 29.4. The third kappa shape index (κ3) is 5.89. The molecule has 6 aromatic rings. The molecule has 4 aromatic heterocycles. The molecule has 0 saturated heterocycles. The molecular weight excluding hydrogens is 548 g/mol. The van der Waals surface area contributed by atoms with E-state index in [2.05, 4.69) is 13.8 Å². The zero-order chi connectivity index (χ0) is 30.5. The number of hydrogen-bond acceptors (Lipinski definition) is 6. The maximum Gasteiger partial charge on any atom is 0.224 e. The average Bonchev–Trinajstić information content (AvgIpc) is 3.58. The Bertz CT molecular complexity index is 1720. The number of aromatic hydroxyl groups is 2. The van der Waals surface area contributed by atoms with Crippen LogP contribution in [0.15, 0.2) is 73.1 Å². The molecule has 2 aromatic carbocycles. The van der Waals surface area contributed by atoms with Crippen molar-refractivity contribution in [3.05, 3.63) is 84.4 Å². The normalized spacial score (nSPS) is 11.6. The molecule has 0 spiro atoms. The van der Waals surface area contributed by atoms with Gasteiger partial charge in [-0.25, -0.2) is 19.9 Å². The first-order chi connectivity index (χ1) is 21.6. The highest BCUT2D eigenvalue weighted by Crippen LogP contribution is 2.37. The van der Waals surface area contributed by atoms with Crippen LogP contribution in [0.4, 0.5) is 0 Å². The molecule has 0 fully saturated rings. The van der Waals surface area contributed by atoms with E-state index in [1.807, 2.05) is 73.1 Å². The lowest BCUT2D eigenvalue weighted by molar-refractivity contribution is 0.449. The van der Waals surface area contributed by atoms with Crippen molar-refractivity contribution in [1.82, 2.24) is 28.7 Å². The van der Waals surface area contributed by atoms with Crippen LogP contribution in [0.1, 0.15) is 76.6 Å². The Balaban J connectivity index is 1.57. The number of unbranched alkanes of at least 4 members (excludes halogenated alkanes) is 6. The Labute approximate surface area is 258 Å². The molecule has 0 aliphatic heterocycles. The van der Waals surface area contributed by atoms with Gasteiger partial charge in [0.1, 0.15) is 22.8 Å². The molecule has 0 amide bonds. The minimum Gasteiger partial charge on any atom is -0.493 e. The number of nitrogens with zero attached hydrogens (tertiary/aromatic N) is 6. The Hall–Kier alpha value is -4.72. The molecule has 0 bridgehead atoms. The fraction of sp³-hybridized carbons (Fsp3) is 0.333. The summed E-state index contributed by atoms with van der Waals surface area (Å²) < 4.78 is 3.46. The summed E-state index contributed by atoms with van der Waals surface area (Å²) in [5.41, 5.74) is 6.39. The van der Waals surface area contributed by atoms with Crippen molar-refractivity contribution in [3.8, 4) is 45.7 Å². The highest BCUT2D eigenvalue weighted by atomic mass is 16.3. The molecule has 6 rings (SSSR count). The third-order valence-corrected chi connectivity index (χ3v) is 8.15. The minimum absolute atomic E-state index is 0.0626. The van der Waals surface area contributed by atoms with Gasteiger partial charge in [0.15, 0.2) is 11.3 Å². The van der Waals surface area contributed by atoms with E-state index in [1.165, 1.54) is 12.8 Å². The van der Waals surface area contributed by atoms with E-state index in [4.69, 9.17) is 19.9 Å². The van der Waals surface area contributed by atoms with Crippen molar-refractivity contribution >= 4 is 11.3 Å². The number of hydrogen-bond donors (Lipinski definition) is 2. The SMILES string of the molecule is CCCCCCc1cn2c(O)c(-c3ccccc3)nc2c(-c2nc(CCCCCC)cn3c(O)c(-c4ccccc4)nc23)n1. The van der Waals surface area contributed by atoms with E-state index in [9.17, 15) is 10.2 Å². The quantitative estimate of drug-likeness (QED) is 0.131. The van der Waals surface area contributed by atoms with Crippen molar-refractivity contribution in [2.45, 2.75) is 78.1 Å². The molecule has 0 aliphatic carbocycles. The van der Waals surface area contributed by atoms with E-state index in [0.29, 0.717) is 34.1 Å². The lowest BCUT2D eigenvalue weighted by Crippen LogP contribution is -2.05. The number of imidazole rings is 2. The second-order valence-electron chi connectivity index (χ2n) is 11.5. The van der Waals surface area contributed by atoms with Crippen LogP contribution in [0.2, 0.25) is 0 Å². The summed E-state index contributed by atoms with van der Waals surface area (Å²) in [5.74, 6) is 0.125. The van der Waals surface area contributed by atoms with Crippen LogP contribution in [-0.4, -0.2) is 39.0 Å². The lowest BCUT2D eigenvalue weighted by atomic mass is 10.1. The molecule has 0 aliphatic rings. The number of fused-ring (bicyclic) bond motifs is 2. The number of benzene rings is 2. The first-order valence-electron chi connectivity index (χ1n) is 15.9. The monoisotopic (exact) mass is 588 g/mol. The highest BCUT2D eigenvalue weighted by molar-refractivity contribution is 5.85. The van der Waals surface area contributed by atoms with E-state index in [-0.39, 0.29) is 11.8 Å². The van der Waals surface area contributed by atoms with Crippen molar-refractivity contribution < 1.29 is 10.2 Å².